The van der Waals surface area contributed by atoms with Crippen LogP contribution in [-0.4, -0.2) is 15.4 Å². The van der Waals surface area contributed by atoms with Crippen LogP contribution in [-0.2, 0) is 6.42 Å². The van der Waals surface area contributed by atoms with Gasteiger partial charge in [-0.3, -0.25) is 0 Å². The molecule has 2 N–H and O–H groups in total. The minimum absolute atomic E-state index is 0.0955. The average Bonchev–Trinajstić information content (AvgIpc) is 2.89. The molecule has 3 rings (SSSR count). The molecule has 5 heteroatoms. The van der Waals surface area contributed by atoms with Crippen LogP contribution in [0.3, 0.4) is 0 Å². The summed E-state index contributed by atoms with van der Waals surface area (Å²) >= 11 is 0. The zero-order chi connectivity index (χ0) is 15.7. The van der Waals surface area contributed by atoms with Gasteiger partial charge in [-0.2, -0.15) is 5.26 Å². The average molecular weight is 294 g/mol. The van der Waals surface area contributed by atoms with Gasteiger partial charge in [0.25, 0.3) is 0 Å². The normalized spacial score (nSPS) is 12.2. The lowest BCUT2D eigenvalue weighted by Gasteiger charge is -2.09. The second kappa shape index (κ2) is 5.41. The zero-order valence-electron chi connectivity index (χ0n) is 11.9. The number of hydrogen-bond acceptors (Lipinski definition) is 5. The third kappa shape index (κ3) is 2.47. The standard InChI is InChI=1S/C17H14N2O3/c1-10-6-13(20)3-2-11(10)7-12(9-18)17-15-5-4-14(21)8-16(15)22-19-17/h2-6,8,12,20-21H,7H2,1H3. The third-order valence-electron chi connectivity index (χ3n) is 3.72. The summed E-state index contributed by atoms with van der Waals surface area (Å²) in [5.41, 5.74) is 2.91. The molecular weight excluding hydrogens is 280 g/mol. The minimum atomic E-state index is -0.464. The zero-order valence-corrected chi connectivity index (χ0v) is 11.9. The molecule has 0 aliphatic carbocycles. The highest BCUT2D eigenvalue weighted by molar-refractivity contribution is 5.81. The number of aryl methyl sites for hydroxylation is 1. The largest absolute Gasteiger partial charge is 0.508 e. The number of fused-ring (bicyclic) bond motifs is 1. The van der Waals surface area contributed by atoms with Crippen molar-refractivity contribution in [3.05, 3.63) is 53.2 Å². The first-order valence-electron chi connectivity index (χ1n) is 6.85. The van der Waals surface area contributed by atoms with Crippen molar-refractivity contribution in [2.24, 2.45) is 0 Å². The summed E-state index contributed by atoms with van der Waals surface area (Å²) < 4.78 is 5.20. The number of nitrogens with zero attached hydrogens (tertiary/aromatic N) is 2. The number of phenols is 2. The molecule has 2 aromatic carbocycles. The number of benzene rings is 2. The minimum Gasteiger partial charge on any atom is -0.508 e. The number of aromatic hydroxyl groups is 2. The van der Waals surface area contributed by atoms with Gasteiger partial charge < -0.3 is 14.7 Å². The van der Waals surface area contributed by atoms with E-state index in [2.05, 4.69) is 11.2 Å². The molecule has 0 bridgehead atoms. The molecule has 0 saturated carbocycles. The Morgan fingerprint density at radius 2 is 1.91 bits per heavy atom. The van der Waals surface area contributed by atoms with Gasteiger partial charge in [-0.25, -0.2) is 0 Å². The number of nitriles is 1. The summed E-state index contributed by atoms with van der Waals surface area (Å²) in [6, 6.07) is 12.1. The van der Waals surface area contributed by atoms with E-state index in [1.165, 1.54) is 6.07 Å². The molecule has 3 aromatic rings. The molecule has 1 heterocycles. The molecule has 0 amide bonds. The van der Waals surface area contributed by atoms with Crippen LogP contribution in [0.1, 0.15) is 22.7 Å². The van der Waals surface area contributed by atoms with Crippen molar-refractivity contribution >= 4 is 11.0 Å². The molecule has 0 aliphatic rings. The molecule has 0 radical (unpaired) electrons. The summed E-state index contributed by atoms with van der Waals surface area (Å²) in [6.45, 7) is 1.89. The first-order valence-corrected chi connectivity index (χ1v) is 6.85. The number of rotatable bonds is 3. The summed E-state index contributed by atoms with van der Waals surface area (Å²) in [4.78, 5) is 0. The number of phenolic OH excluding ortho intramolecular Hbond substituents is 2. The molecule has 110 valence electrons. The molecular formula is C17H14N2O3. The van der Waals surface area contributed by atoms with E-state index < -0.39 is 5.92 Å². The molecule has 0 saturated heterocycles. The Kier molecular flexibility index (Phi) is 3.43. The van der Waals surface area contributed by atoms with Gasteiger partial charge in [-0.1, -0.05) is 11.2 Å². The van der Waals surface area contributed by atoms with E-state index in [0.29, 0.717) is 17.7 Å². The molecule has 1 unspecified atom stereocenters. The second-order valence-electron chi connectivity index (χ2n) is 5.24. The lowest BCUT2D eigenvalue weighted by Crippen LogP contribution is -2.03. The van der Waals surface area contributed by atoms with Crippen LogP contribution < -0.4 is 0 Å². The predicted octanol–water partition coefficient (Wildman–Crippen LogP) is 3.40. The highest BCUT2D eigenvalue weighted by atomic mass is 16.5. The van der Waals surface area contributed by atoms with Gasteiger partial charge in [-0.05, 0) is 48.7 Å². The van der Waals surface area contributed by atoms with Gasteiger partial charge in [0.05, 0.1) is 12.0 Å². The van der Waals surface area contributed by atoms with Crippen LogP contribution in [0.4, 0.5) is 0 Å². The Balaban J connectivity index is 1.98. The molecule has 5 nitrogen and oxygen atoms in total. The smallest absolute Gasteiger partial charge is 0.170 e. The lowest BCUT2D eigenvalue weighted by molar-refractivity contribution is 0.438. The predicted molar refractivity (Wildman–Crippen MR) is 80.6 cm³/mol. The van der Waals surface area contributed by atoms with Crippen molar-refractivity contribution in [2.75, 3.05) is 0 Å². The monoisotopic (exact) mass is 294 g/mol. The molecule has 1 aromatic heterocycles. The Bertz CT molecular complexity index is 877. The maximum Gasteiger partial charge on any atom is 0.170 e. The number of hydrogen-bond donors (Lipinski definition) is 2. The van der Waals surface area contributed by atoms with E-state index >= 15 is 0 Å². The van der Waals surface area contributed by atoms with Crippen LogP contribution in [0.25, 0.3) is 11.0 Å². The fraction of sp³-hybridized carbons (Fsp3) is 0.176. The van der Waals surface area contributed by atoms with E-state index in [1.54, 1.807) is 24.3 Å². The maximum atomic E-state index is 9.49. The molecule has 22 heavy (non-hydrogen) atoms. The van der Waals surface area contributed by atoms with E-state index in [0.717, 1.165) is 16.5 Å². The quantitative estimate of drug-likeness (QED) is 0.772. The first-order chi connectivity index (χ1) is 10.6. The van der Waals surface area contributed by atoms with Crippen molar-refractivity contribution in [3.8, 4) is 17.6 Å². The van der Waals surface area contributed by atoms with Crippen molar-refractivity contribution in [1.29, 1.82) is 5.26 Å². The van der Waals surface area contributed by atoms with E-state index in [-0.39, 0.29) is 11.5 Å². The fourth-order valence-corrected chi connectivity index (χ4v) is 2.53. The molecule has 1 atom stereocenters. The van der Waals surface area contributed by atoms with Gasteiger partial charge in [0.2, 0.25) is 0 Å². The van der Waals surface area contributed by atoms with Gasteiger partial charge >= 0.3 is 0 Å². The SMILES string of the molecule is Cc1cc(O)ccc1CC(C#N)c1noc2cc(O)ccc12. The van der Waals surface area contributed by atoms with Gasteiger partial charge in [0.15, 0.2) is 5.58 Å². The van der Waals surface area contributed by atoms with Crippen molar-refractivity contribution in [3.63, 3.8) is 0 Å². The summed E-state index contributed by atoms with van der Waals surface area (Å²) in [5.74, 6) is -0.163. The Morgan fingerprint density at radius 3 is 2.64 bits per heavy atom. The highest BCUT2D eigenvalue weighted by Gasteiger charge is 2.20. The highest BCUT2D eigenvalue weighted by Crippen LogP contribution is 2.30. The second-order valence-corrected chi connectivity index (χ2v) is 5.24. The lowest BCUT2D eigenvalue weighted by atomic mass is 9.93. The van der Waals surface area contributed by atoms with Crippen LogP contribution in [0.5, 0.6) is 11.5 Å². The Hall–Kier alpha value is -3.00. The fourth-order valence-electron chi connectivity index (χ4n) is 2.53. The van der Waals surface area contributed by atoms with Crippen LogP contribution in [0.15, 0.2) is 40.9 Å². The molecule has 0 spiro atoms. The Morgan fingerprint density at radius 1 is 1.18 bits per heavy atom. The van der Waals surface area contributed by atoms with Crippen LogP contribution in [0, 0.1) is 18.3 Å². The molecule has 0 fully saturated rings. The van der Waals surface area contributed by atoms with Gasteiger partial charge in [0, 0.05) is 11.5 Å². The third-order valence-corrected chi connectivity index (χ3v) is 3.72. The van der Waals surface area contributed by atoms with Gasteiger partial charge in [0.1, 0.15) is 17.2 Å². The topological polar surface area (TPSA) is 90.3 Å². The summed E-state index contributed by atoms with van der Waals surface area (Å²) in [6.07, 6.45) is 0.477. The maximum absolute atomic E-state index is 9.49. The van der Waals surface area contributed by atoms with Gasteiger partial charge in [-0.15, -0.1) is 0 Å². The first kappa shape index (κ1) is 14.0. The van der Waals surface area contributed by atoms with Crippen molar-refractivity contribution < 1.29 is 14.7 Å². The van der Waals surface area contributed by atoms with E-state index in [9.17, 15) is 15.5 Å². The van der Waals surface area contributed by atoms with Crippen molar-refractivity contribution in [2.45, 2.75) is 19.3 Å². The molecule has 0 aliphatic heterocycles. The van der Waals surface area contributed by atoms with Crippen LogP contribution in [0.2, 0.25) is 0 Å². The van der Waals surface area contributed by atoms with E-state index in [4.69, 9.17) is 4.52 Å². The van der Waals surface area contributed by atoms with Crippen LogP contribution >= 0.6 is 0 Å². The van der Waals surface area contributed by atoms with E-state index in [1.807, 2.05) is 13.0 Å². The summed E-state index contributed by atoms with van der Waals surface area (Å²) in [5, 5.41) is 33.1. The van der Waals surface area contributed by atoms with Crippen molar-refractivity contribution in [1.82, 2.24) is 5.16 Å². The Labute approximate surface area is 127 Å². The number of aromatic nitrogens is 1. The summed E-state index contributed by atoms with van der Waals surface area (Å²) in [7, 11) is 0.